The van der Waals surface area contributed by atoms with Gasteiger partial charge in [0, 0.05) is 23.3 Å². The van der Waals surface area contributed by atoms with Gasteiger partial charge >= 0.3 is 5.97 Å². The number of ether oxygens (including phenoxy) is 1. The van der Waals surface area contributed by atoms with Crippen LogP contribution < -0.4 is 5.32 Å². The Balaban J connectivity index is 1.95. The Kier molecular flexibility index (Phi) is 5.23. The molecule has 150 valence electrons. The molecule has 1 aliphatic carbocycles. The standard InChI is InChI=1S/C21H25NO5S/c1-7-26-20(25)16-10(2)12(4)28-19(16)22-18(24)17-11(3)15-13(23)8-21(5,6)9-14(15)27-17/h7-9H2,1-6H3,(H,22,24). The second kappa shape index (κ2) is 7.20. The van der Waals surface area contributed by atoms with Gasteiger partial charge in [-0.3, -0.25) is 9.59 Å². The highest BCUT2D eigenvalue weighted by molar-refractivity contribution is 7.16. The summed E-state index contributed by atoms with van der Waals surface area (Å²) in [6.45, 7) is 11.4. The smallest absolute Gasteiger partial charge is 0.341 e. The van der Waals surface area contributed by atoms with Crippen molar-refractivity contribution in [3.05, 3.63) is 38.7 Å². The van der Waals surface area contributed by atoms with Gasteiger partial charge in [0.2, 0.25) is 0 Å². The highest BCUT2D eigenvalue weighted by atomic mass is 32.1. The van der Waals surface area contributed by atoms with Crippen LogP contribution in [0, 0.1) is 26.2 Å². The molecule has 0 atom stereocenters. The van der Waals surface area contributed by atoms with Crippen LogP contribution in [-0.2, 0) is 11.2 Å². The Morgan fingerprint density at radius 3 is 2.50 bits per heavy atom. The molecule has 0 aromatic carbocycles. The predicted octanol–water partition coefficient (Wildman–Crippen LogP) is 4.85. The number of amides is 1. The van der Waals surface area contributed by atoms with E-state index in [-0.39, 0.29) is 23.6 Å². The summed E-state index contributed by atoms with van der Waals surface area (Å²) in [7, 11) is 0. The van der Waals surface area contributed by atoms with Crippen molar-refractivity contribution in [2.45, 2.75) is 54.4 Å². The van der Waals surface area contributed by atoms with Gasteiger partial charge in [0.1, 0.15) is 10.8 Å². The molecule has 1 amide bonds. The molecule has 1 aliphatic rings. The summed E-state index contributed by atoms with van der Waals surface area (Å²) < 4.78 is 10.9. The number of esters is 1. The van der Waals surface area contributed by atoms with Crippen molar-refractivity contribution >= 4 is 34.0 Å². The first-order valence-corrected chi connectivity index (χ1v) is 10.1. The molecule has 2 heterocycles. The van der Waals surface area contributed by atoms with E-state index in [1.165, 1.54) is 11.3 Å². The van der Waals surface area contributed by atoms with E-state index in [0.717, 1.165) is 10.4 Å². The highest BCUT2D eigenvalue weighted by Gasteiger charge is 2.37. The van der Waals surface area contributed by atoms with E-state index < -0.39 is 11.9 Å². The van der Waals surface area contributed by atoms with Crippen LogP contribution in [0.4, 0.5) is 5.00 Å². The number of Topliss-reactive ketones (excluding diaryl/α,β-unsaturated/α-hetero) is 1. The number of anilines is 1. The number of hydrogen-bond donors (Lipinski definition) is 1. The number of thiophene rings is 1. The van der Waals surface area contributed by atoms with E-state index in [1.54, 1.807) is 13.8 Å². The van der Waals surface area contributed by atoms with Crippen LogP contribution in [0.5, 0.6) is 0 Å². The maximum atomic E-state index is 12.9. The zero-order chi connectivity index (χ0) is 20.8. The van der Waals surface area contributed by atoms with Crippen LogP contribution in [0.25, 0.3) is 0 Å². The summed E-state index contributed by atoms with van der Waals surface area (Å²) in [4.78, 5) is 38.7. The fourth-order valence-corrected chi connectivity index (χ4v) is 4.67. The quantitative estimate of drug-likeness (QED) is 0.738. The third kappa shape index (κ3) is 3.51. The van der Waals surface area contributed by atoms with Gasteiger partial charge in [-0.05, 0) is 38.7 Å². The first-order valence-electron chi connectivity index (χ1n) is 9.29. The van der Waals surface area contributed by atoms with E-state index in [0.29, 0.717) is 40.3 Å². The summed E-state index contributed by atoms with van der Waals surface area (Å²) in [5, 5.41) is 3.22. The summed E-state index contributed by atoms with van der Waals surface area (Å²) in [5.74, 6) is -0.249. The largest absolute Gasteiger partial charge is 0.462 e. The third-order valence-corrected chi connectivity index (χ3v) is 6.20. The topological polar surface area (TPSA) is 85.6 Å². The van der Waals surface area contributed by atoms with Crippen molar-refractivity contribution in [3.8, 4) is 0 Å². The Morgan fingerprint density at radius 1 is 1.18 bits per heavy atom. The number of nitrogens with one attached hydrogen (secondary N) is 1. The van der Waals surface area contributed by atoms with Gasteiger partial charge in [-0.15, -0.1) is 11.3 Å². The minimum atomic E-state index is -0.468. The van der Waals surface area contributed by atoms with Crippen LogP contribution in [0.3, 0.4) is 0 Å². The van der Waals surface area contributed by atoms with Crippen LogP contribution >= 0.6 is 11.3 Å². The molecule has 6 nitrogen and oxygen atoms in total. The van der Waals surface area contributed by atoms with Gasteiger partial charge < -0.3 is 14.5 Å². The molecule has 7 heteroatoms. The minimum Gasteiger partial charge on any atom is -0.462 e. The normalized spacial score (nSPS) is 15.3. The summed E-state index contributed by atoms with van der Waals surface area (Å²) in [6.07, 6.45) is 1.03. The molecule has 0 saturated carbocycles. The van der Waals surface area contributed by atoms with Crippen LogP contribution in [-0.4, -0.2) is 24.3 Å². The van der Waals surface area contributed by atoms with Crippen molar-refractivity contribution < 1.29 is 23.5 Å². The van der Waals surface area contributed by atoms with Crippen molar-refractivity contribution in [1.82, 2.24) is 0 Å². The molecule has 0 saturated heterocycles. The molecular formula is C21H25NO5S. The zero-order valence-electron chi connectivity index (χ0n) is 17.1. The molecule has 0 aliphatic heterocycles. The summed E-state index contributed by atoms with van der Waals surface area (Å²) in [5.41, 5.74) is 2.03. The van der Waals surface area contributed by atoms with Crippen LogP contribution in [0.15, 0.2) is 4.42 Å². The number of hydrogen-bond acceptors (Lipinski definition) is 6. The minimum absolute atomic E-state index is 0.00146. The molecule has 0 fully saturated rings. The van der Waals surface area contributed by atoms with E-state index in [2.05, 4.69) is 5.32 Å². The lowest BCUT2D eigenvalue weighted by Crippen LogP contribution is -2.26. The Labute approximate surface area is 168 Å². The number of carbonyl (C=O) groups is 3. The number of carbonyl (C=O) groups excluding carboxylic acids is 3. The second-order valence-electron chi connectivity index (χ2n) is 7.96. The average molecular weight is 404 g/mol. The van der Waals surface area contributed by atoms with E-state index in [9.17, 15) is 14.4 Å². The molecule has 0 bridgehead atoms. The molecule has 2 aromatic rings. The van der Waals surface area contributed by atoms with Gasteiger partial charge in [-0.2, -0.15) is 0 Å². The van der Waals surface area contributed by atoms with Gasteiger partial charge in [-0.25, -0.2) is 4.79 Å². The summed E-state index contributed by atoms with van der Waals surface area (Å²) >= 11 is 1.32. The van der Waals surface area contributed by atoms with Gasteiger partial charge in [-0.1, -0.05) is 13.8 Å². The number of rotatable bonds is 4. The molecule has 2 aromatic heterocycles. The van der Waals surface area contributed by atoms with Gasteiger partial charge in [0.05, 0.1) is 17.7 Å². The fraction of sp³-hybridized carbons (Fsp3) is 0.476. The van der Waals surface area contributed by atoms with Crippen molar-refractivity contribution in [2.75, 3.05) is 11.9 Å². The number of furan rings is 1. The molecule has 3 rings (SSSR count). The average Bonchev–Trinajstić information content (AvgIpc) is 3.03. The monoisotopic (exact) mass is 403 g/mol. The molecule has 0 radical (unpaired) electrons. The van der Waals surface area contributed by atoms with E-state index in [1.807, 2.05) is 27.7 Å². The van der Waals surface area contributed by atoms with Crippen LogP contribution in [0.2, 0.25) is 0 Å². The fourth-order valence-electron chi connectivity index (χ4n) is 3.62. The highest BCUT2D eigenvalue weighted by Crippen LogP contribution is 2.39. The van der Waals surface area contributed by atoms with E-state index in [4.69, 9.17) is 9.15 Å². The van der Waals surface area contributed by atoms with Crippen molar-refractivity contribution in [2.24, 2.45) is 5.41 Å². The van der Waals surface area contributed by atoms with Crippen molar-refractivity contribution in [1.29, 1.82) is 0 Å². The molecule has 0 spiro atoms. The van der Waals surface area contributed by atoms with Gasteiger partial charge in [0.15, 0.2) is 11.5 Å². The number of ketones is 1. The lowest BCUT2D eigenvalue weighted by Gasteiger charge is -2.27. The Bertz CT molecular complexity index is 980. The summed E-state index contributed by atoms with van der Waals surface area (Å²) in [6, 6.07) is 0. The number of aryl methyl sites for hydroxylation is 1. The maximum Gasteiger partial charge on any atom is 0.341 e. The van der Waals surface area contributed by atoms with Crippen LogP contribution in [0.1, 0.15) is 80.2 Å². The SMILES string of the molecule is CCOC(=O)c1c(NC(=O)c2oc3c(c2C)C(=O)CC(C)(C)C3)sc(C)c1C. The maximum absolute atomic E-state index is 12.9. The Morgan fingerprint density at radius 2 is 1.86 bits per heavy atom. The molecule has 1 N–H and O–H groups in total. The first kappa shape index (κ1) is 20.3. The zero-order valence-corrected chi connectivity index (χ0v) is 17.9. The second-order valence-corrected chi connectivity index (χ2v) is 9.18. The third-order valence-electron chi connectivity index (χ3n) is 5.07. The number of fused-ring (bicyclic) bond motifs is 1. The molecular weight excluding hydrogens is 378 g/mol. The lowest BCUT2D eigenvalue weighted by atomic mass is 9.76. The first-order chi connectivity index (χ1) is 13.1. The molecule has 0 unspecified atom stereocenters. The molecule has 28 heavy (non-hydrogen) atoms. The van der Waals surface area contributed by atoms with E-state index >= 15 is 0 Å². The van der Waals surface area contributed by atoms with Gasteiger partial charge in [0.25, 0.3) is 5.91 Å². The Hall–Kier alpha value is -2.41. The predicted molar refractivity (Wildman–Crippen MR) is 108 cm³/mol. The van der Waals surface area contributed by atoms with Crippen molar-refractivity contribution in [3.63, 3.8) is 0 Å². The lowest BCUT2D eigenvalue weighted by molar-refractivity contribution is 0.0527.